The van der Waals surface area contributed by atoms with E-state index >= 15 is 0 Å². The van der Waals surface area contributed by atoms with Gasteiger partial charge in [-0.05, 0) is 12.7 Å². The molecule has 0 spiro atoms. The van der Waals surface area contributed by atoms with Gasteiger partial charge in [0.2, 0.25) is 0 Å². The topological polar surface area (TPSA) is 52.3 Å². The average molecular weight is 257 g/mol. The molecule has 0 saturated heterocycles. The molecule has 0 aromatic carbocycles. The van der Waals surface area contributed by atoms with Crippen LogP contribution in [0.2, 0.25) is 0 Å². The van der Waals surface area contributed by atoms with Gasteiger partial charge in [-0.15, -0.1) is 0 Å². The molecule has 16 heavy (non-hydrogen) atoms. The minimum Gasteiger partial charge on any atom is -0.465 e. The lowest BCUT2D eigenvalue weighted by atomic mass is 10.4. The molecule has 0 rings (SSSR count). The number of allylic oxidation sites excluding steroid dienone is 1. The predicted molar refractivity (Wildman–Crippen MR) is 56.9 cm³/mol. The molecular formula is C9H14F3NO2S. The predicted octanol–water partition coefficient (Wildman–Crippen LogP) is 2.08. The highest BCUT2D eigenvalue weighted by atomic mass is 32.2. The minimum atomic E-state index is -2.30. The Balaban J connectivity index is 3.67. The van der Waals surface area contributed by atoms with Gasteiger partial charge in [-0.25, -0.2) is 4.39 Å². The van der Waals surface area contributed by atoms with Crippen molar-refractivity contribution in [3.05, 3.63) is 11.9 Å². The van der Waals surface area contributed by atoms with Gasteiger partial charge in [0.1, 0.15) is 6.04 Å². The molecule has 0 heterocycles. The lowest BCUT2D eigenvalue weighted by Gasteiger charge is -2.09. The van der Waals surface area contributed by atoms with Crippen LogP contribution in [-0.4, -0.2) is 30.1 Å². The Labute approximate surface area is 96.2 Å². The highest BCUT2D eigenvalue weighted by Gasteiger charge is 2.14. The average Bonchev–Trinajstić information content (AvgIpc) is 2.23. The van der Waals surface area contributed by atoms with E-state index < -0.39 is 23.9 Å². The van der Waals surface area contributed by atoms with Crippen LogP contribution >= 0.6 is 11.8 Å². The van der Waals surface area contributed by atoms with E-state index in [4.69, 9.17) is 5.73 Å². The highest BCUT2D eigenvalue weighted by Crippen LogP contribution is 2.16. The minimum absolute atomic E-state index is 0.149. The van der Waals surface area contributed by atoms with Crippen LogP contribution in [0.15, 0.2) is 11.9 Å². The molecule has 1 atom stereocenters. The smallest absolute Gasteiger partial charge is 0.323 e. The monoisotopic (exact) mass is 257 g/mol. The summed E-state index contributed by atoms with van der Waals surface area (Å²) < 4.78 is 40.2. The second-order valence-electron chi connectivity index (χ2n) is 2.85. The Hall–Kier alpha value is -0.690. The van der Waals surface area contributed by atoms with Crippen LogP contribution < -0.4 is 5.73 Å². The number of hydrogen-bond donors (Lipinski definition) is 1. The normalized spacial score (nSPS) is 12.1. The molecule has 0 saturated carbocycles. The van der Waals surface area contributed by atoms with Crippen LogP contribution in [0.1, 0.15) is 13.3 Å². The van der Waals surface area contributed by atoms with Crippen LogP contribution in [-0.2, 0) is 9.53 Å². The second-order valence-corrected chi connectivity index (χ2v) is 4.00. The third-order valence-corrected chi connectivity index (χ3v) is 2.65. The molecule has 0 fully saturated rings. The van der Waals surface area contributed by atoms with Crippen molar-refractivity contribution in [2.45, 2.75) is 19.4 Å². The first kappa shape index (κ1) is 15.3. The van der Waals surface area contributed by atoms with Crippen molar-refractivity contribution in [3.8, 4) is 0 Å². The maximum absolute atomic E-state index is 12.3. The van der Waals surface area contributed by atoms with Crippen molar-refractivity contribution in [1.82, 2.24) is 0 Å². The molecule has 0 aromatic rings. The SMILES string of the molecule is CCOC(=O)[C@H](N)CSCCC(F)=C(F)F. The molecular weight excluding hydrogens is 243 g/mol. The molecule has 0 radical (unpaired) electrons. The summed E-state index contributed by atoms with van der Waals surface area (Å²) in [5.41, 5.74) is 5.43. The molecule has 0 amide bonds. The van der Waals surface area contributed by atoms with Crippen molar-refractivity contribution >= 4 is 17.7 Å². The largest absolute Gasteiger partial charge is 0.465 e. The zero-order valence-electron chi connectivity index (χ0n) is 8.84. The summed E-state index contributed by atoms with van der Waals surface area (Å²) in [6.07, 6.45) is -2.65. The molecule has 0 aliphatic carbocycles. The van der Waals surface area contributed by atoms with Crippen molar-refractivity contribution in [2.75, 3.05) is 18.1 Å². The van der Waals surface area contributed by atoms with E-state index in [1.807, 2.05) is 0 Å². The van der Waals surface area contributed by atoms with E-state index in [1.54, 1.807) is 6.92 Å². The Morgan fingerprint density at radius 1 is 1.44 bits per heavy atom. The molecule has 0 unspecified atom stereocenters. The highest BCUT2D eigenvalue weighted by molar-refractivity contribution is 7.99. The van der Waals surface area contributed by atoms with Crippen molar-refractivity contribution in [3.63, 3.8) is 0 Å². The molecule has 0 aromatic heterocycles. The van der Waals surface area contributed by atoms with Gasteiger partial charge in [-0.2, -0.15) is 20.5 Å². The van der Waals surface area contributed by atoms with E-state index in [0.717, 1.165) is 11.8 Å². The molecule has 0 bridgehead atoms. The Kier molecular flexibility index (Phi) is 8.10. The van der Waals surface area contributed by atoms with E-state index in [9.17, 15) is 18.0 Å². The molecule has 0 aliphatic rings. The van der Waals surface area contributed by atoms with Gasteiger partial charge in [-0.3, -0.25) is 4.79 Å². The first-order chi connectivity index (χ1) is 7.49. The zero-order valence-corrected chi connectivity index (χ0v) is 9.66. The summed E-state index contributed by atoms with van der Waals surface area (Å²) in [5, 5.41) is 0. The number of ether oxygens (including phenoxy) is 1. The number of rotatable bonds is 7. The number of thioether (sulfide) groups is 1. The molecule has 3 nitrogen and oxygen atoms in total. The number of carbonyl (C=O) groups excluding carboxylic acids is 1. The van der Waals surface area contributed by atoms with Crippen LogP contribution in [0.5, 0.6) is 0 Å². The molecule has 0 aliphatic heterocycles. The van der Waals surface area contributed by atoms with E-state index in [-0.39, 0.29) is 24.5 Å². The van der Waals surface area contributed by atoms with Crippen LogP contribution in [0.25, 0.3) is 0 Å². The summed E-state index contributed by atoms with van der Waals surface area (Å²) >= 11 is 1.13. The first-order valence-electron chi connectivity index (χ1n) is 4.68. The number of hydrogen-bond acceptors (Lipinski definition) is 4. The molecule has 2 N–H and O–H groups in total. The number of halogens is 3. The van der Waals surface area contributed by atoms with Gasteiger partial charge >= 0.3 is 12.0 Å². The summed E-state index contributed by atoms with van der Waals surface area (Å²) in [5.74, 6) is -1.59. The molecule has 7 heteroatoms. The maximum atomic E-state index is 12.3. The van der Waals surface area contributed by atoms with Crippen LogP contribution in [0.4, 0.5) is 13.2 Å². The first-order valence-corrected chi connectivity index (χ1v) is 5.84. The van der Waals surface area contributed by atoms with Crippen LogP contribution in [0, 0.1) is 0 Å². The quantitative estimate of drug-likeness (QED) is 0.560. The van der Waals surface area contributed by atoms with E-state index in [0.29, 0.717) is 0 Å². The maximum Gasteiger partial charge on any atom is 0.323 e. The number of carbonyl (C=O) groups is 1. The van der Waals surface area contributed by atoms with Crippen molar-refractivity contribution in [2.24, 2.45) is 5.73 Å². The summed E-state index contributed by atoms with van der Waals surface area (Å²) in [7, 11) is 0. The third kappa shape index (κ3) is 6.73. The third-order valence-electron chi connectivity index (χ3n) is 1.56. The molecule has 94 valence electrons. The summed E-state index contributed by atoms with van der Waals surface area (Å²) in [6, 6.07) is -0.799. The van der Waals surface area contributed by atoms with Gasteiger partial charge in [0.05, 0.1) is 6.61 Å². The summed E-state index contributed by atoms with van der Waals surface area (Å²) in [4.78, 5) is 11.0. The van der Waals surface area contributed by atoms with Gasteiger partial charge in [0.25, 0.3) is 0 Å². The van der Waals surface area contributed by atoms with Gasteiger partial charge in [-0.1, -0.05) is 0 Å². The fourth-order valence-corrected chi connectivity index (χ4v) is 1.66. The summed E-state index contributed by atoms with van der Waals surface area (Å²) in [6.45, 7) is 1.89. The van der Waals surface area contributed by atoms with Gasteiger partial charge < -0.3 is 10.5 Å². The number of nitrogens with two attached hydrogens (primary N) is 1. The Bertz CT molecular complexity index is 257. The van der Waals surface area contributed by atoms with Gasteiger partial charge in [0.15, 0.2) is 5.83 Å². The lowest BCUT2D eigenvalue weighted by molar-refractivity contribution is -0.144. The fourth-order valence-electron chi connectivity index (χ4n) is 0.784. The Morgan fingerprint density at radius 2 is 2.06 bits per heavy atom. The van der Waals surface area contributed by atoms with Crippen molar-refractivity contribution in [1.29, 1.82) is 0 Å². The second kappa shape index (κ2) is 8.46. The van der Waals surface area contributed by atoms with E-state index in [1.165, 1.54) is 0 Å². The fraction of sp³-hybridized carbons (Fsp3) is 0.667. The lowest BCUT2D eigenvalue weighted by Crippen LogP contribution is -2.34. The van der Waals surface area contributed by atoms with Gasteiger partial charge in [0, 0.05) is 12.2 Å². The Morgan fingerprint density at radius 3 is 2.56 bits per heavy atom. The van der Waals surface area contributed by atoms with Crippen LogP contribution in [0.3, 0.4) is 0 Å². The van der Waals surface area contributed by atoms with E-state index in [2.05, 4.69) is 4.74 Å². The standard InChI is InChI=1S/C9H14F3NO2S/c1-2-15-9(14)7(13)5-16-4-3-6(10)8(11)12/h7H,2-5,13H2,1H3/t7-/m1/s1. The van der Waals surface area contributed by atoms with Crippen molar-refractivity contribution < 1.29 is 22.7 Å². The zero-order chi connectivity index (χ0) is 12.6. The number of esters is 1.